The first kappa shape index (κ1) is 14.8. The van der Waals surface area contributed by atoms with Crippen LogP contribution >= 0.6 is 0 Å². The summed E-state index contributed by atoms with van der Waals surface area (Å²) in [5.74, 6) is 1.70. The van der Waals surface area contributed by atoms with Crippen molar-refractivity contribution in [1.29, 1.82) is 0 Å². The quantitative estimate of drug-likeness (QED) is 0.488. The van der Waals surface area contributed by atoms with Gasteiger partial charge >= 0.3 is 5.97 Å². The molecule has 1 heterocycles. The Hall–Kier alpha value is -2.65. The molecule has 1 aromatic carbocycles. The molecule has 0 fully saturated rings. The summed E-state index contributed by atoms with van der Waals surface area (Å²) < 4.78 is 5.74. The maximum absolute atomic E-state index is 9.87. The van der Waals surface area contributed by atoms with Crippen LogP contribution < -0.4 is 21.5 Å². The van der Waals surface area contributed by atoms with E-state index in [2.05, 4.69) is 16.2 Å². The van der Waals surface area contributed by atoms with Crippen molar-refractivity contribution in [2.24, 2.45) is 16.5 Å². The molecule has 0 aromatic heterocycles. The fourth-order valence-corrected chi connectivity index (χ4v) is 1.97. The van der Waals surface area contributed by atoms with Crippen LogP contribution in [-0.4, -0.2) is 16.9 Å². The van der Waals surface area contributed by atoms with Crippen LogP contribution in [0.15, 0.2) is 29.4 Å². The molecule has 21 heavy (non-hydrogen) atoms. The van der Waals surface area contributed by atoms with Crippen molar-refractivity contribution in [2.75, 3.05) is 0 Å². The first-order valence-electron chi connectivity index (χ1n) is 6.45. The van der Waals surface area contributed by atoms with Gasteiger partial charge in [-0.25, -0.2) is 0 Å². The minimum Gasteiger partial charge on any atom is -0.507 e. The van der Waals surface area contributed by atoms with Crippen LogP contribution in [0.4, 0.5) is 0 Å². The van der Waals surface area contributed by atoms with E-state index >= 15 is 0 Å². The zero-order valence-electron chi connectivity index (χ0n) is 11.9. The van der Waals surface area contributed by atoms with E-state index in [1.54, 1.807) is 24.4 Å². The highest BCUT2D eigenvalue weighted by molar-refractivity contribution is 5.92. The van der Waals surface area contributed by atoms with Gasteiger partial charge in [0.05, 0.1) is 5.56 Å². The van der Waals surface area contributed by atoms with Crippen molar-refractivity contribution in [1.82, 2.24) is 5.32 Å². The Morgan fingerprint density at radius 1 is 1.48 bits per heavy atom. The number of nitrogens with one attached hydrogen (secondary N) is 1. The number of hydrogen-bond acceptors (Lipinski definition) is 6. The highest BCUT2D eigenvalue weighted by Gasteiger charge is 2.29. The highest BCUT2D eigenvalue weighted by Crippen LogP contribution is 2.34. The first-order valence-corrected chi connectivity index (χ1v) is 6.45. The summed E-state index contributed by atoms with van der Waals surface area (Å²) in [6, 6.07) is 3.13. The first-order chi connectivity index (χ1) is 9.84. The minimum absolute atomic E-state index is 0.0270. The summed E-state index contributed by atoms with van der Waals surface area (Å²) >= 11 is 0. The largest absolute Gasteiger partial charge is 0.507 e. The van der Waals surface area contributed by atoms with Crippen LogP contribution in [0.3, 0.4) is 0 Å². The van der Waals surface area contributed by atoms with Crippen molar-refractivity contribution in [3.63, 3.8) is 0 Å². The van der Waals surface area contributed by atoms with Gasteiger partial charge in [-0.2, -0.15) is 4.99 Å². The molecule has 2 rings (SSSR count). The van der Waals surface area contributed by atoms with Gasteiger partial charge in [0.15, 0.2) is 0 Å². The van der Waals surface area contributed by atoms with E-state index in [0.29, 0.717) is 11.3 Å². The lowest BCUT2D eigenvalue weighted by atomic mass is 9.99. The van der Waals surface area contributed by atoms with E-state index in [1.807, 2.05) is 13.8 Å². The summed E-state index contributed by atoms with van der Waals surface area (Å²) in [5, 5.41) is 12.7. The van der Waals surface area contributed by atoms with Crippen LogP contribution in [0.5, 0.6) is 11.5 Å². The summed E-state index contributed by atoms with van der Waals surface area (Å²) in [4.78, 5) is 4.03. The number of phenols is 1. The summed E-state index contributed by atoms with van der Waals surface area (Å²) in [6.45, 7) is 3.93. The fourth-order valence-electron chi connectivity index (χ4n) is 1.97. The third-order valence-corrected chi connectivity index (χ3v) is 3.01. The van der Waals surface area contributed by atoms with Crippen LogP contribution in [0.1, 0.15) is 30.9 Å². The van der Waals surface area contributed by atoms with Crippen molar-refractivity contribution < 1.29 is 9.84 Å². The second-order valence-electron chi connectivity index (χ2n) is 5.02. The zero-order valence-corrected chi connectivity index (χ0v) is 11.9. The topological polar surface area (TPSA) is 106 Å². The summed E-state index contributed by atoms with van der Waals surface area (Å²) in [6.07, 6.45) is 8.49. The molecule has 0 bridgehead atoms. The van der Waals surface area contributed by atoms with Crippen LogP contribution in [0.25, 0.3) is 0 Å². The van der Waals surface area contributed by atoms with Crippen molar-refractivity contribution in [3.05, 3.63) is 35.5 Å². The van der Waals surface area contributed by atoms with E-state index < -0.39 is 5.97 Å². The van der Waals surface area contributed by atoms with Crippen molar-refractivity contribution >= 4 is 5.84 Å². The molecule has 0 saturated heterocycles. The maximum atomic E-state index is 9.87. The van der Waals surface area contributed by atoms with E-state index in [1.165, 1.54) is 0 Å². The Kier molecular flexibility index (Phi) is 3.78. The van der Waals surface area contributed by atoms with Gasteiger partial charge in [0.1, 0.15) is 17.3 Å². The van der Waals surface area contributed by atoms with Crippen LogP contribution in [0, 0.1) is 12.3 Å². The number of aliphatic imine (C=N–C) groups is 1. The summed E-state index contributed by atoms with van der Waals surface area (Å²) in [5.41, 5.74) is 12.7. The number of nitrogens with zero attached hydrogens (tertiary/aromatic N) is 1. The highest BCUT2D eigenvalue weighted by atomic mass is 16.5. The Bertz CT molecular complexity index is 658. The fraction of sp³-hybridized carbons (Fsp3) is 0.267. The van der Waals surface area contributed by atoms with Gasteiger partial charge < -0.3 is 20.9 Å². The molecular weight excluding hydrogens is 268 g/mol. The molecular formula is C15H18N4O2. The van der Waals surface area contributed by atoms with Gasteiger partial charge in [0, 0.05) is 17.8 Å². The lowest BCUT2D eigenvalue weighted by Gasteiger charge is -2.30. The Morgan fingerprint density at radius 3 is 2.76 bits per heavy atom. The number of phenolic OH excluding ortho intramolecular Hbond substituents is 1. The van der Waals surface area contributed by atoms with Gasteiger partial charge in [0.2, 0.25) is 0 Å². The smallest absolute Gasteiger partial charge is 0.342 e. The minimum atomic E-state index is -1.51. The number of terminal acetylenes is 1. The monoisotopic (exact) mass is 286 g/mol. The Morgan fingerprint density at radius 2 is 2.19 bits per heavy atom. The molecule has 0 saturated carbocycles. The number of benzene rings is 1. The molecule has 1 aromatic rings. The van der Waals surface area contributed by atoms with Crippen molar-refractivity contribution in [2.45, 2.75) is 25.7 Å². The number of nitrogens with two attached hydrogens (primary N) is 2. The lowest BCUT2D eigenvalue weighted by Crippen LogP contribution is -2.57. The molecule has 0 radical (unpaired) electrons. The third kappa shape index (κ3) is 3.09. The Balaban J connectivity index is 2.44. The normalized spacial score (nSPS) is 20.6. The van der Waals surface area contributed by atoms with E-state index in [9.17, 15) is 5.11 Å². The predicted molar refractivity (Wildman–Crippen MR) is 81.6 cm³/mol. The second kappa shape index (κ2) is 5.38. The van der Waals surface area contributed by atoms with Gasteiger partial charge in [-0.1, -0.05) is 19.8 Å². The number of amidine groups is 1. The van der Waals surface area contributed by atoms with Gasteiger partial charge in [-0.15, -0.1) is 6.42 Å². The standard InChI is InChI=1S/C15H18N4O2/c1-4-10-7-13(11(9(2)3)8-12(10)20)21-15(17)18-6-5-14(16)19-15/h1,5-9,18,20H,17H2,2-3H3,(H2,16,19). The molecule has 0 aliphatic carbocycles. The summed E-state index contributed by atoms with van der Waals surface area (Å²) in [7, 11) is 0. The van der Waals surface area contributed by atoms with E-state index in [-0.39, 0.29) is 17.5 Å². The molecule has 1 aliphatic heterocycles. The molecule has 1 aliphatic rings. The molecule has 0 spiro atoms. The average Bonchev–Trinajstić information content (AvgIpc) is 2.39. The number of aromatic hydroxyl groups is 1. The van der Waals surface area contributed by atoms with Crippen LogP contribution in [0.2, 0.25) is 0 Å². The molecule has 110 valence electrons. The lowest BCUT2D eigenvalue weighted by molar-refractivity contribution is 0.0603. The van der Waals surface area contributed by atoms with E-state index in [0.717, 1.165) is 5.56 Å². The second-order valence-corrected chi connectivity index (χ2v) is 5.02. The number of ether oxygens (including phenoxy) is 1. The molecule has 6 nitrogen and oxygen atoms in total. The maximum Gasteiger partial charge on any atom is 0.342 e. The predicted octanol–water partition coefficient (Wildman–Crippen LogP) is 0.920. The molecule has 6 heteroatoms. The number of rotatable bonds is 3. The van der Waals surface area contributed by atoms with E-state index in [4.69, 9.17) is 22.6 Å². The van der Waals surface area contributed by atoms with Crippen molar-refractivity contribution in [3.8, 4) is 23.8 Å². The average molecular weight is 286 g/mol. The number of hydrogen-bond donors (Lipinski definition) is 4. The van der Waals surface area contributed by atoms with Gasteiger partial charge in [-0.3, -0.25) is 5.73 Å². The SMILES string of the molecule is C#Cc1cc(OC2(N)N=C(N)C=CN2)c(C(C)C)cc1O. The molecule has 1 atom stereocenters. The molecule has 0 amide bonds. The zero-order chi connectivity index (χ0) is 15.6. The third-order valence-electron chi connectivity index (χ3n) is 3.01. The Labute approximate surface area is 123 Å². The van der Waals surface area contributed by atoms with Crippen LogP contribution in [-0.2, 0) is 0 Å². The van der Waals surface area contributed by atoms with Gasteiger partial charge in [0.25, 0.3) is 0 Å². The molecule has 6 N–H and O–H groups in total. The molecule has 1 unspecified atom stereocenters. The van der Waals surface area contributed by atoms with Gasteiger partial charge in [-0.05, 0) is 18.1 Å².